The normalized spacial score (nSPS) is 10.8. The van der Waals surface area contributed by atoms with Gasteiger partial charge in [0.15, 0.2) is 0 Å². The Morgan fingerprint density at radius 3 is 1.80 bits per heavy atom. The summed E-state index contributed by atoms with van der Waals surface area (Å²) >= 11 is 5.43. The van der Waals surface area contributed by atoms with Crippen LogP contribution in [0.2, 0.25) is 0 Å². The molecule has 0 bridgehead atoms. The predicted molar refractivity (Wildman–Crippen MR) is 59.7 cm³/mol. The second-order valence-corrected chi connectivity index (χ2v) is 3.25. The van der Waals surface area contributed by atoms with Gasteiger partial charge in [0.25, 0.3) is 0 Å². The molecule has 0 spiro atoms. The molecule has 0 unspecified atom stereocenters. The first kappa shape index (κ1) is 15.1. The molecule has 0 aliphatic heterocycles. The molecular formula is C10H21ClO4. The molecule has 4 nitrogen and oxygen atoms in total. The van der Waals surface area contributed by atoms with Crippen LogP contribution in [0.1, 0.15) is 6.42 Å². The van der Waals surface area contributed by atoms with E-state index in [0.717, 1.165) is 6.42 Å². The highest BCUT2D eigenvalue weighted by Gasteiger charge is 1.91. The number of ether oxygens (including phenoxy) is 4. The van der Waals surface area contributed by atoms with Gasteiger partial charge in [0, 0.05) is 26.2 Å². The third kappa shape index (κ3) is 14.1. The standard InChI is InChI=1S/C10H21ClO4/c1-12-7-8-13-4-2-5-14-9-10-15-6-3-11/h2-10H2,1H3. The van der Waals surface area contributed by atoms with Gasteiger partial charge in [0.1, 0.15) is 0 Å². The summed E-state index contributed by atoms with van der Waals surface area (Å²) < 4.78 is 20.6. The molecule has 0 aromatic heterocycles. The van der Waals surface area contributed by atoms with E-state index < -0.39 is 0 Å². The largest absolute Gasteiger partial charge is 0.382 e. The van der Waals surface area contributed by atoms with Crippen molar-refractivity contribution < 1.29 is 18.9 Å². The summed E-state index contributed by atoms with van der Waals surface area (Å²) in [6.07, 6.45) is 0.902. The van der Waals surface area contributed by atoms with Crippen molar-refractivity contribution in [3.05, 3.63) is 0 Å². The highest BCUT2D eigenvalue weighted by Crippen LogP contribution is 1.86. The molecule has 0 fully saturated rings. The average molecular weight is 241 g/mol. The van der Waals surface area contributed by atoms with E-state index in [0.29, 0.717) is 52.1 Å². The first-order valence-electron chi connectivity index (χ1n) is 5.20. The quantitative estimate of drug-likeness (QED) is 0.381. The topological polar surface area (TPSA) is 36.9 Å². The van der Waals surface area contributed by atoms with Crippen LogP contribution in [0.25, 0.3) is 0 Å². The molecule has 0 N–H and O–H groups in total. The second-order valence-electron chi connectivity index (χ2n) is 2.87. The number of halogens is 1. The van der Waals surface area contributed by atoms with E-state index in [2.05, 4.69) is 0 Å². The first-order chi connectivity index (χ1) is 7.41. The van der Waals surface area contributed by atoms with Crippen molar-refractivity contribution in [3.8, 4) is 0 Å². The van der Waals surface area contributed by atoms with Gasteiger partial charge in [-0.15, -0.1) is 11.6 Å². The minimum absolute atomic E-state index is 0.535. The van der Waals surface area contributed by atoms with Crippen molar-refractivity contribution in [1.29, 1.82) is 0 Å². The van der Waals surface area contributed by atoms with Gasteiger partial charge in [-0.05, 0) is 6.42 Å². The van der Waals surface area contributed by atoms with Gasteiger partial charge >= 0.3 is 0 Å². The Kier molecular flexibility index (Phi) is 14.3. The number of rotatable bonds is 12. The summed E-state index contributed by atoms with van der Waals surface area (Å²) in [5.74, 6) is 0.535. The van der Waals surface area contributed by atoms with Crippen molar-refractivity contribution in [1.82, 2.24) is 0 Å². The number of methoxy groups -OCH3 is 1. The summed E-state index contributed by atoms with van der Waals surface area (Å²) in [5.41, 5.74) is 0. The first-order valence-corrected chi connectivity index (χ1v) is 5.73. The number of alkyl halides is 1. The maximum atomic E-state index is 5.43. The Bertz CT molecular complexity index is 102. The molecule has 0 radical (unpaired) electrons. The molecule has 0 aromatic carbocycles. The van der Waals surface area contributed by atoms with Gasteiger partial charge in [0.2, 0.25) is 0 Å². The smallest absolute Gasteiger partial charge is 0.0701 e. The van der Waals surface area contributed by atoms with Gasteiger partial charge in [-0.1, -0.05) is 0 Å². The third-order valence-corrected chi connectivity index (χ3v) is 1.76. The van der Waals surface area contributed by atoms with E-state index in [1.165, 1.54) is 0 Å². The van der Waals surface area contributed by atoms with E-state index in [9.17, 15) is 0 Å². The Balaban J connectivity index is 2.81. The molecule has 0 heterocycles. The molecule has 5 heteroatoms. The van der Waals surface area contributed by atoms with Crippen LogP contribution in [-0.4, -0.2) is 59.2 Å². The monoisotopic (exact) mass is 240 g/mol. The lowest BCUT2D eigenvalue weighted by Gasteiger charge is -2.05. The van der Waals surface area contributed by atoms with Crippen LogP contribution in [0.5, 0.6) is 0 Å². The highest BCUT2D eigenvalue weighted by atomic mass is 35.5. The zero-order valence-electron chi connectivity index (χ0n) is 9.37. The van der Waals surface area contributed by atoms with Crippen LogP contribution >= 0.6 is 11.6 Å². The highest BCUT2D eigenvalue weighted by molar-refractivity contribution is 6.17. The fraction of sp³-hybridized carbons (Fsp3) is 1.00. The van der Waals surface area contributed by atoms with Crippen molar-refractivity contribution in [2.45, 2.75) is 6.42 Å². The molecule has 92 valence electrons. The maximum absolute atomic E-state index is 5.43. The summed E-state index contributed by atoms with van der Waals surface area (Å²) in [7, 11) is 1.66. The van der Waals surface area contributed by atoms with Gasteiger partial charge in [-0.25, -0.2) is 0 Å². The lowest BCUT2D eigenvalue weighted by molar-refractivity contribution is 0.0309. The van der Waals surface area contributed by atoms with Crippen molar-refractivity contribution in [3.63, 3.8) is 0 Å². The Labute approximate surface area is 96.8 Å². The SMILES string of the molecule is COCCOCCCOCCOCCCl. The van der Waals surface area contributed by atoms with E-state index in [4.69, 9.17) is 30.5 Å². The van der Waals surface area contributed by atoms with E-state index in [1.54, 1.807) is 7.11 Å². The molecular weight excluding hydrogens is 220 g/mol. The fourth-order valence-electron chi connectivity index (χ4n) is 0.884. The minimum atomic E-state index is 0.535. The van der Waals surface area contributed by atoms with Gasteiger partial charge in [-0.3, -0.25) is 0 Å². The van der Waals surface area contributed by atoms with Crippen LogP contribution < -0.4 is 0 Å². The Morgan fingerprint density at radius 2 is 1.27 bits per heavy atom. The molecule has 0 saturated heterocycles. The lowest BCUT2D eigenvalue weighted by Crippen LogP contribution is -2.09. The van der Waals surface area contributed by atoms with Crippen molar-refractivity contribution in [2.24, 2.45) is 0 Å². The molecule has 15 heavy (non-hydrogen) atoms. The van der Waals surface area contributed by atoms with Gasteiger partial charge < -0.3 is 18.9 Å². The van der Waals surface area contributed by atoms with E-state index in [1.807, 2.05) is 0 Å². The van der Waals surface area contributed by atoms with E-state index in [-0.39, 0.29) is 0 Å². The molecule has 0 aromatic rings. The summed E-state index contributed by atoms with van der Waals surface area (Å²) in [6.45, 7) is 4.53. The zero-order chi connectivity index (χ0) is 11.2. The molecule has 0 saturated carbocycles. The Morgan fingerprint density at radius 1 is 0.733 bits per heavy atom. The summed E-state index contributed by atoms with van der Waals surface area (Å²) in [5, 5.41) is 0. The predicted octanol–water partition coefficient (Wildman–Crippen LogP) is 1.31. The van der Waals surface area contributed by atoms with Gasteiger partial charge in [-0.2, -0.15) is 0 Å². The van der Waals surface area contributed by atoms with Crippen LogP contribution in [0, 0.1) is 0 Å². The van der Waals surface area contributed by atoms with Crippen LogP contribution in [0.3, 0.4) is 0 Å². The third-order valence-electron chi connectivity index (χ3n) is 1.60. The number of hydrogen-bond acceptors (Lipinski definition) is 4. The average Bonchev–Trinajstić information content (AvgIpc) is 2.26. The molecule has 0 aliphatic carbocycles. The molecule has 0 aliphatic rings. The fourth-order valence-corrected chi connectivity index (χ4v) is 0.993. The molecule has 0 atom stereocenters. The van der Waals surface area contributed by atoms with Gasteiger partial charge in [0.05, 0.1) is 33.0 Å². The van der Waals surface area contributed by atoms with E-state index >= 15 is 0 Å². The van der Waals surface area contributed by atoms with Crippen LogP contribution in [0.4, 0.5) is 0 Å². The Hall–Kier alpha value is 0.130. The summed E-state index contributed by atoms with van der Waals surface area (Å²) in [4.78, 5) is 0. The maximum Gasteiger partial charge on any atom is 0.0701 e. The zero-order valence-corrected chi connectivity index (χ0v) is 10.1. The lowest BCUT2D eigenvalue weighted by atomic mass is 10.5. The molecule has 0 amide bonds. The van der Waals surface area contributed by atoms with Crippen molar-refractivity contribution in [2.75, 3.05) is 59.2 Å². The minimum Gasteiger partial charge on any atom is -0.382 e. The van der Waals surface area contributed by atoms with Crippen molar-refractivity contribution >= 4 is 11.6 Å². The summed E-state index contributed by atoms with van der Waals surface area (Å²) in [6, 6.07) is 0. The van der Waals surface area contributed by atoms with Crippen LogP contribution in [0.15, 0.2) is 0 Å². The second kappa shape index (κ2) is 14.1. The van der Waals surface area contributed by atoms with Crippen LogP contribution in [-0.2, 0) is 18.9 Å². The molecule has 0 rings (SSSR count). The number of hydrogen-bond donors (Lipinski definition) is 0.